The van der Waals surface area contributed by atoms with Gasteiger partial charge >= 0.3 is 0 Å². The van der Waals surface area contributed by atoms with Crippen molar-refractivity contribution in [3.05, 3.63) is 48.0 Å². The first-order valence-corrected chi connectivity index (χ1v) is 8.52. The van der Waals surface area contributed by atoms with Crippen molar-refractivity contribution in [2.75, 3.05) is 39.3 Å². The lowest BCUT2D eigenvalue weighted by atomic mass is 10.0. The fourth-order valence-electron chi connectivity index (χ4n) is 3.83. The third kappa shape index (κ3) is 2.96. The van der Waals surface area contributed by atoms with Crippen LogP contribution in [0, 0.1) is 0 Å². The summed E-state index contributed by atoms with van der Waals surface area (Å²) in [6.07, 6.45) is 1.04. The van der Waals surface area contributed by atoms with Gasteiger partial charge in [0, 0.05) is 39.3 Å². The van der Waals surface area contributed by atoms with Crippen LogP contribution in [0.15, 0.2) is 42.5 Å². The van der Waals surface area contributed by atoms with Crippen LogP contribution in [-0.4, -0.2) is 61.0 Å². The fourth-order valence-corrected chi connectivity index (χ4v) is 3.83. The standard InChI is InChI=1S/C19H23N3O/c23-19-18-14-21(12-13-22(18)11-9-20-19)10-8-16-6-3-5-15-4-1-2-7-17(15)16/h1-7,18H,8-14H2,(H,20,23). The average Bonchev–Trinajstić information content (AvgIpc) is 2.60. The van der Waals surface area contributed by atoms with E-state index in [2.05, 4.69) is 57.6 Å². The van der Waals surface area contributed by atoms with E-state index in [-0.39, 0.29) is 11.9 Å². The Morgan fingerprint density at radius 3 is 2.87 bits per heavy atom. The number of rotatable bonds is 3. The van der Waals surface area contributed by atoms with Crippen molar-refractivity contribution in [2.24, 2.45) is 0 Å². The van der Waals surface area contributed by atoms with E-state index in [1.807, 2.05) is 0 Å². The molecule has 1 amide bonds. The zero-order valence-corrected chi connectivity index (χ0v) is 13.4. The van der Waals surface area contributed by atoms with Gasteiger partial charge in [0.25, 0.3) is 0 Å². The molecule has 2 aromatic carbocycles. The summed E-state index contributed by atoms with van der Waals surface area (Å²) in [5, 5.41) is 5.65. The highest BCUT2D eigenvalue weighted by atomic mass is 16.2. The number of benzene rings is 2. The molecule has 1 unspecified atom stereocenters. The highest BCUT2D eigenvalue weighted by molar-refractivity contribution is 5.85. The van der Waals surface area contributed by atoms with Gasteiger partial charge in [-0.05, 0) is 22.8 Å². The third-order valence-electron chi connectivity index (χ3n) is 5.15. The number of hydrogen-bond acceptors (Lipinski definition) is 3. The van der Waals surface area contributed by atoms with Crippen LogP contribution >= 0.6 is 0 Å². The molecular formula is C19H23N3O. The van der Waals surface area contributed by atoms with Crippen LogP contribution in [0.3, 0.4) is 0 Å². The Balaban J connectivity index is 1.44. The summed E-state index contributed by atoms with van der Waals surface area (Å²) >= 11 is 0. The SMILES string of the molecule is O=C1NCCN2CCN(CCc3cccc4ccccc34)CC12. The van der Waals surface area contributed by atoms with Crippen LogP contribution in [0.1, 0.15) is 5.56 Å². The van der Waals surface area contributed by atoms with E-state index >= 15 is 0 Å². The van der Waals surface area contributed by atoms with Crippen molar-refractivity contribution >= 4 is 16.7 Å². The Labute approximate surface area is 137 Å². The predicted octanol–water partition coefficient (Wildman–Crippen LogP) is 1.50. The molecule has 2 fully saturated rings. The van der Waals surface area contributed by atoms with E-state index < -0.39 is 0 Å². The molecule has 0 spiro atoms. The highest BCUT2D eigenvalue weighted by Crippen LogP contribution is 2.20. The quantitative estimate of drug-likeness (QED) is 0.933. The number of nitrogens with one attached hydrogen (secondary N) is 1. The summed E-state index contributed by atoms with van der Waals surface area (Å²) in [6.45, 7) is 5.74. The van der Waals surface area contributed by atoms with Crippen molar-refractivity contribution in [1.29, 1.82) is 0 Å². The van der Waals surface area contributed by atoms with Gasteiger partial charge in [-0.2, -0.15) is 0 Å². The monoisotopic (exact) mass is 309 g/mol. The minimum absolute atomic E-state index is 0.0463. The molecule has 1 atom stereocenters. The molecule has 2 aliphatic heterocycles. The number of hydrogen-bond donors (Lipinski definition) is 1. The topological polar surface area (TPSA) is 35.6 Å². The molecule has 2 aromatic rings. The molecule has 120 valence electrons. The fraction of sp³-hybridized carbons (Fsp3) is 0.421. The summed E-state index contributed by atoms with van der Waals surface area (Å²) in [6, 6.07) is 15.2. The molecule has 0 saturated carbocycles. The van der Waals surface area contributed by atoms with Crippen molar-refractivity contribution < 1.29 is 4.79 Å². The smallest absolute Gasteiger partial charge is 0.238 e. The van der Waals surface area contributed by atoms with E-state index in [0.717, 1.165) is 45.7 Å². The van der Waals surface area contributed by atoms with Gasteiger partial charge in [-0.1, -0.05) is 42.5 Å². The van der Waals surface area contributed by atoms with E-state index in [9.17, 15) is 4.79 Å². The second-order valence-electron chi connectivity index (χ2n) is 6.53. The Morgan fingerprint density at radius 1 is 1.04 bits per heavy atom. The molecule has 0 bridgehead atoms. The molecule has 2 heterocycles. The molecule has 4 rings (SSSR count). The van der Waals surface area contributed by atoms with Gasteiger partial charge in [-0.15, -0.1) is 0 Å². The van der Waals surface area contributed by atoms with Crippen LogP contribution in [0.25, 0.3) is 10.8 Å². The van der Waals surface area contributed by atoms with Gasteiger partial charge in [0.1, 0.15) is 6.04 Å². The Bertz CT molecular complexity index is 709. The Morgan fingerprint density at radius 2 is 1.91 bits per heavy atom. The Hall–Kier alpha value is -1.91. The molecule has 0 aromatic heterocycles. The molecule has 2 aliphatic rings. The van der Waals surface area contributed by atoms with Crippen LogP contribution in [0.2, 0.25) is 0 Å². The first-order chi connectivity index (χ1) is 11.3. The summed E-state index contributed by atoms with van der Waals surface area (Å²) in [5.74, 6) is 0.200. The molecule has 23 heavy (non-hydrogen) atoms. The molecule has 4 nitrogen and oxygen atoms in total. The molecule has 4 heteroatoms. The molecule has 2 saturated heterocycles. The third-order valence-corrected chi connectivity index (χ3v) is 5.15. The lowest BCUT2D eigenvalue weighted by molar-refractivity contribution is -0.131. The van der Waals surface area contributed by atoms with E-state index in [1.165, 1.54) is 16.3 Å². The van der Waals surface area contributed by atoms with Crippen LogP contribution in [0.4, 0.5) is 0 Å². The largest absolute Gasteiger partial charge is 0.353 e. The van der Waals surface area contributed by atoms with Gasteiger partial charge in [-0.3, -0.25) is 14.6 Å². The van der Waals surface area contributed by atoms with Gasteiger partial charge in [0.05, 0.1) is 0 Å². The maximum Gasteiger partial charge on any atom is 0.238 e. The maximum absolute atomic E-state index is 12.0. The molecular weight excluding hydrogens is 286 g/mol. The summed E-state index contributed by atoms with van der Waals surface area (Å²) < 4.78 is 0. The molecule has 0 radical (unpaired) electrons. The lowest BCUT2D eigenvalue weighted by Gasteiger charge is -2.43. The first-order valence-electron chi connectivity index (χ1n) is 8.52. The second-order valence-corrected chi connectivity index (χ2v) is 6.53. The van der Waals surface area contributed by atoms with Crippen LogP contribution in [-0.2, 0) is 11.2 Å². The van der Waals surface area contributed by atoms with Crippen molar-refractivity contribution in [3.63, 3.8) is 0 Å². The zero-order chi connectivity index (χ0) is 15.6. The summed E-state index contributed by atoms with van der Waals surface area (Å²) in [5.41, 5.74) is 1.40. The zero-order valence-electron chi connectivity index (χ0n) is 13.4. The van der Waals surface area contributed by atoms with Gasteiger partial charge in [0.15, 0.2) is 0 Å². The number of fused-ring (bicyclic) bond motifs is 2. The second kappa shape index (κ2) is 6.30. The number of carbonyl (C=O) groups excluding carboxylic acids is 1. The molecule has 0 aliphatic carbocycles. The van der Waals surface area contributed by atoms with E-state index in [1.54, 1.807) is 0 Å². The minimum Gasteiger partial charge on any atom is -0.353 e. The lowest BCUT2D eigenvalue weighted by Crippen LogP contribution is -2.63. The highest BCUT2D eigenvalue weighted by Gasteiger charge is 2.34. The average molecular weight is 309 g/mol. The van der Waals surface area contributed by atoms with Crippen molar-refractivity contribution in [2.45, 2.75) is 12.5 Å². The normalized spacial score (nSPS) is 22.8. The maximum atomic E-state index is 12.0. The molecule has 1 N–H and O–H groups in total. The van der Waals surface area contributed by atoms with Gasteiger partial charge < -0.3 is 5.32 Å². The summed E-state index contributed by atoms with van der Waals surface area (Å²) in [7, 11) is 0. The van der Waals surface area contributed by atoms with Gasteiger partial charge in [-0.25, -0.2) is 0 Å². The Kier molecular flexibility index (Phi) is 4.02. The number of nitrogens with zero attached hydrogens (tertiary/aromatic N) is 2. The first kappa shape index (κ1) is 14.7. The number of piperazine rings is 2. The van der Waals surface area contributed by atoms with Gasteiger partial charge in [0.2, 0.25) is 5.91 Å². The number of amides is 1. The summed E-state index contributed by atoms with van der Waals surface area (Å²) in [4.78, 5) is 16.8. The predicted molar refractivity (Wildman–Crippen MR) is 92.5 cm³/mol. The van der Waals surface area contributed by atoms with E-state index in [4.69, 9.17) is 0 Å². The van der Waals surface area contributed by atoms with E-state index in [0.29, 0.717) is 0 Å². The number of carbonyl (C=O) groups is 1. The van der Waals surface area contributed by atoms with Crippen LogP contribution < -0.4 is 5.32 Å². The minimum atomic E-state index is 0.0463. The van der Waals surface area contributed by atoms with Crippen molar-refractivity contribution in [1.82, 2.24) is 15.1 Å². The van der Waals surface area contributed by atoms with Crippen molar-refractivity contribution in [3.8, 4) is 0 Å². The van der Waals surface area contributed by atoms with Crippen LogP contribution in [0.5, 0.6) is 0 Å².